The fourth-order valence-corrected chi connectivity index (χ4v) is 4.51. The van der Waals surface area contributed by atoms with E-state index in [1.54, 1.807) is 0 Å². The van der Waals surface area contributed by atoms with Crippen molar-refractivity contribution >= 4 is 18.3 Å². The highest BCUT2D eigenvalue weighted by atomic mass is 16.7. The summed E-state index contributed by atoms with van der Waals surface area (Å²) in [6.07, 6.45) is 2.22. The summed E-state index contributed by atoms with van der Waals surface area (Å²) in [5, 5.41) is 0. The third kappa shape index (κ3) is 2.71. The van der Waals surface area contributed by atoms with Gasteiger partial charge in [-0.25, -0.2) is 0 Å². The van der Waals surface area contributed by atoms with E-state index in [4.69, 9.17) is 14.0 Å². The smallest absolute Gasteiger partial charge is 0.399 e. The average molecular weight is 357 g/mol. The van der Waals surface area contributed by atoms with Crippen molar-refractivity contribution in [1.82, 2.24) is 0 Å². The Labute approximate surface area is 158 Å². The zero-order valence-corrected chi connectivity index (χ0v) is 17.1. The molecule has 1 aromatic rings. The van der Waals surface area contributed by atoms with Gasteiger partial charge >= 0.3 is 7.12 Å². The highest BCUT2D eigenvalue weighted by Gasteiger charge is 2.52. The maximum absolute atomic E-state index is 6.28. The molecule has 1 spiro atoms. The van der Waals surface area contributed by atoms with Crippen LogP contribution in [-0.2, 0) is 19.5 Å². The summed E-state index contributed by atoms with van der Waals surface area (Å²) in [5.41, 5.74) is 3.58. The lowest BCUT2D eigenvalue weighted by molar-refractivity contribution is 0.00578. The second-order valence-electron chi connectivity index (χ2n) is 9.48. The quantitative estimate of drug-likeness (QED) is 0.761. The van der Waals surface area contributed by atoms with E-state index >= 15 is 0 Å². The zero-order chi connectivity index (χ0) is 18.7. The van der Waals surface area contributed by atoms with Crippen molar-refractivity contribution in [2.45, 2.75) is 77.0 Å². The van der Waals surface area contributed by atoms with Crippen molar-refractivity contribution < 1.29 is 14.0 Å². The third-order valence-electron chi connectivity index (χ3n) is 6.97. The Morgan fingerprint density at radius 1 is 1.00 bits per heavy atom. The summed E-state index contributed by atoms with van der Waals surface area (Å²) >= 11 is 0. The van der Waals surface area contributed by atoms with E-state index in [0.29, 0.717) is 6.04 Å². The highest BCUT2D eigenvalue weighted by Crippen LogP contribution is 2.47. The van der Waals surface area contributed by atoms with Crippen LogP contribution in [0.5, 0.6) is 0 Å². The van der Waals surface area contributed by atoms with E-state index in [1.807, 2.05) is 0 Å². The van der Waals surface area contributed by atoms with Gasteiger partial charge in [-0.15, -0.1) is 0 Å². The lowest BCUT2D eigenvalue weighted by Gasteiger charge is -2.35. The minimum atomic E-state index is -0.309. The Bertz CT molecular complexity index is 678. The van der Waals surface area contributed by atoms with Gasteiger partial charge in [0.2, 0.25) is 0 Å². The van der Waals surface area contributed by atoms with Crippen LogP contribution in [-0.4, -0.2) is 44.1 Å². The molecule has 4 rings (SSSR count). The van der Waals surface area contributed by atoms with Gasteiger partial charge in [-0.05, 0) is 71.5 Å². The summed E-state index contributed by atoms with van der Waals surface area (Å²) < 4.78 is 18.2. The number of nitrogens with zero attached hydrogens (tertiary/aromatic N) is 1. The molecule has 0 saturated carbocycles. The third-order valence-corrected chi connectivity index (χ3v) is 6.97. The SMILES string of the molecule is CC(C)N1CC2(CCOCC2)c2ccc(B3OC(C)(C)C(C)(C)O3)cc21. The summed E-state index contributed by atoms with van der Waals surface area (Å²) in [6.45, 7) is 15.8. The Morgan fingerprint density at radius 2 is 1.62 bits per heavy atom. The van der Waals surface area contributed by atoms with Crippen LogP contribution in [0.15, 0.2) is 18.2 Å². The van der Waals surface area contributed by atoms with Crippen molar-refractivity contribution in [2.24, 2.45) is 0 Å². The summed E-state index contributed by atoms with van der Waals surface area (Å²) in [5.74, 6) is 0. The molecule has 2 fully saturated rings. The van der Waals surface area contributed by atoms with Gasteiger partial charge in [0.25, 0.3) is 0 Å². The topological polar surface area (TPSA) is 30.9 Å². The van der Waals surface area contributed by atoms with Crippen LogP contribution in [0.3, 0.4) is 0 Å². The van der Waals surface area contributed by atoms with E-state index in [1.165, 1.54) is 11.3 Å². The zero-order valence-electron chi connectivity index (χ0n) is 17.1. The van der Waals surface area contributed by atoms with Crippen LogP contribution in [0.2, 0.25) is 0 Å². The molecule has 26 heavy (non-hydrogen) atoms. The van der Waals surface area contributed by atoms with E-state index in [0.717, 1.165) is 38.1 Å². The van der Waals surface area contributed by atoms with Crippen LogP contribution < -0.4 is 10.4 Å². The van der Waals surface area contributed by atoms with E-state index < -0.39 is 0 Å². The number of benzene rings is 1. The van der Waals surface area contributed by atoms with Gasteiger partial charge in [0.1, 0.15) is 0 Å². The Balaban J connectivity index is 1.71. The highest BCUT2D eigenvalue weighted by molar-refractivity contribution is 6.62. The summed E-state index contributed by atoms with van der Waals surface area (Å²) in [4.78, 5) is 2.55. The number of fused-ring (bicyclic) bond motifs is 2. The van der Waals surface area contributed by atoms with Crippen molar-refractivity contribution in [2.75, 3.05) is 24.7 Å². The number of ether oxygens (including phenoxy) is 1. The molecule has 0 aliphatic carbocycles. The molecule has 3 heterocycles. The molecule has 0 bridgehead atoms. The van der Waals surface area contributed by atoms with Gasteiger partial charge in [-0.1, -0.05) is 12.1 Å². The lowest BCUT2D eigenvalue weighted by atomic mass is 9.73. The predicted octanol–water partition coefficient (Wildman–Crippen LogP) is 3.26. The van der Waals surface area contributed by atoms with Gasteiger partial charge in [-0.3, -0.25) is 0 Å². The van der Waals surface area contributed by atoms with Gasteiger partial charge in [0.15, 0.2) is 0 Å². The monoisotopic (exact) mass is 357 g/mol. The Morgan fingerprint density at radius 3 is 2.19 bits per heavy atom. The Kier molecular flexibility index (Phi) is 4.22. The molecule has 4 nitrogen and oxygen atoms in total. The van der Waals surface area contributed by atoms with Crippen LogP contribution >= 0.6 is 0 Å². The fourth-order valence-electron chi connectivity index (χ4n) is 4.51. The normalized spacial score (nSPS) is 26.0. The second-order valence-corrected chi connectivity index (χ2v) is 9.48. The van der Waals surface area contributed by atoms with E-state index in [2.05, 4.69) is 64.6 Å². The molecule has 0 aromatic heterocycles. The maximum Gasteiger partial charge on any atom is 0.494 e. The molecule has 142 valence electrons. The molecule has 0 unspecified atom stereocenters. The van der Waals surface area contributed by atoms with Gasteiger partial charge < -0.3 is 18.9 Å². The minimum absolute atomic E-state index is 0.242. The first-order valence-corrected chi connectivity index (χ1v) is 10.00. The molecule has 0 atom stereocenters. The maximum atomic E-state index is 6.28. The standard InChI is InChI=1S/C21H32BNO3/c1-15(2)23-14-21(9-11-24-12-10-21)17-8-7-16(13-18(17)23)22-25-19(3,4)20(5,6)26-22/h7-8,13,15H,9-12,14H2,1-6H3. The van der Waals surface area contributed by atoms with E-state index in [9.17, 15) is 0 Å². The van der Waals surface area contributed by atoms with Crippen LogP contribution in [0.25, 0.3) is 0 Å². The minimum Gasteiger partial charge on any atom is -0.399 e. The first kappa shape index (κ1) is 18.3. The number of hydrogen-bond acceptors (Lipinski definition) is 4. The average Bonchev–Trinajstić information content (AvgIpc) is 2.99. The van der Waals surface area contributed by atoms with Gasteiger partial charge in [-0.2, -0.15) is 0 Å². The fraction of sp³-hybridized carbons (Fsp3) is 0.714. The summed E-state index contributed by atoms with van der Waals surface area (Å²) in [6, 6.07) is 7.32. The van der Waals surface area contributed by atoms with Crippen molar-refractivity contribution in [3.05, 3.63) is 23.8 Å². The number of hydrogen-bond donors (Lipinski definition) is 0. The van der Waals surface area contributed by atoms with E-state index in [-0.39, 0.29) is 23.7 Å². The Hall–Kier alpha value is -1.04. The first-order valence-electron chi connectivity index (χ1n) is 10.00. The first-order chi connectivity index (χ1) is 12.2. The number of rotatable bonds is 2. The molecule has 2 saturated heterocycles. The molecule has 0 N–H and O–H groups in total. The van der Waals surface area contributed by atoms with Gasteiger partial charge in [0.05, 0.1) is 11.2 Å². The predicted molar refractivity (Wildman–Crippen MR) is 106 cm³/mol. The van der Waals surface area contributed by atoms with Crippen LogP contribution in [0, 0.1) is 0 Å². The second kappa shape index (κ2) is 5.98. The molecule has 1 aromatic carbocycles. The van der Waals surface area contributed by atoms with Gasteiger partial charge in [0, 0.05) is 36.9 Å². The molecule has 0 amide bonds. The van der Waals surface area contributed by atoms with Crippen molar-refractivity contribution in [3.8, 4) is 0 Å². The molecule has 5 heteroatoms. The molecule has 3 aliphatic heterocycles. The molecule has 0 radical (unpaired) electrons. The van der Waals surface area contributed by atoms with Crippen molar-refractivity contribution in [3.63, 3.8) is 0 Å². The van der Waals surface area contributed by atoms with Crippen LogP contribution in [0.4, 0.5) is 5.69 Å². The molecular formula is C21H32BNO3. The number of anilines is 1. The molecule has 3 aliphatic rings. The summed E-state index contributed by atoms with van der Waals surface area (Å²) in [7, 11) is -0.300. The lowest BCUT2D eigenvalue weighted by Crippen LogP contribution is -2.41. The molecular weight excluding hydrogens is 325 g/mol. The largest absolute Gasteiger partial charge is 0.494 e. The van der Waals surface area contributed by atoms with Crippen LogP contribution in [0.1, 0.15) is 59.9 Å². The van der Waals surface area contributed by atoms with Crippen molar-refractivity contribution in [1.29, 1.82) is 0 Å².